The van der Waals surface area contributed by atoms with Crippen molar-refractivity contribution in [3.63, 3.8) is 0 Å². The van der Waals surface area contributed by atoms with Crippen LogP contribution in [0.3, 0.4) is 0 Å². The highest BCUT2D eigenvalue weighted by Gasteiger charge is 2.60. The van der Waals surface area contributed by atoms with E-state index in [0.717, 1.165) is 0 Å². The Hall–Kier alpha value is -1.39. The summed E-state index contributed by atoms with van der Waals surface area (Å²) in [6, 6.07) is -0.897. The summed E-state index contributed by atoms with van der Waals surface area (Å²) in [4.78, 5) is 48.6. The normalized spacial score (nSPS) is 25.4. The highest BCUT2D eigenvalue weighted by molar-refractivity contribution is 6.28. The van der Waals surface area contributed by atoms with Gasteiger partial charge in [0.15, 0.2) is 17.3 Å². The molecule has 1 fully saturated rings. The van der Waals surface area contributed by atoms with Crippen molar-refractivity contribution in [2.75, 3.05) is 0 Å². The highest BCUT2D eigenvalue weighted by Crippen LogP contribution is 2.43. The van der Waals surface area contributed by atoms with E-state index in [0.29, 0.717) is 6.42 Å². The molecule has 0 radical (unpaired) electrons. The Morgan fingerprint density at radius 3 is 1.75 bits per heavy atom. The molecule has 1 aliphatic rings. The lowest BCUT2D eigenvalue weighted by molar-refractivity contribution is -0.161. The number of rotatable bonds is 4. The number of carbonyl (C=O) groups is 3. The summed E-state index contributed by atoms with van der Waals surface area (Å²) < 4.78 is 0. The summed E-state index contributed by atoms with van der Waals surface area (Å²) in [5.74, 6) is -2.62. The maximum absolute atomic E-state index is 12.5. The third-order valence-electron chi connectivity index (χ3n) is 4.62. The minimum atomic E-state index is -1.25. The maximum atomic E-state index is 12.5. The Morgan fingerprint density at radius 1 is 1.05 bits per heavy atom. The van der Waals surface area contributed by atoms with Crippen LogP contribution in [0.15, 0.2) is 5.18 Å². The van der Waals surface area contributed by atoms with Crippen LogP contribution in [0.2, 0.25) is 0 Å². The molecule has 1 saturated carbocycles. The van der Waals surface area contributed by atoms with Gasteiger partial charge in [-0.2, -0.15) is 4.91 Å². The molecule has 0 N–H and O–H groups in total. The van der Waals surface area contributed by atoms with Gasteiger partial charge >= 0.3 is 0 Å². The second-order valence-electron chi connectivity index (χ2n) is 6.77. The first-order chi connectivity index (χ1) is 9.03. The van der Waals surface area contributed by atoms with Gasteiger partial charge in [-0.1, -0.05) is 25.4 Å². The largest absolute Gasteiger partial charge is 0.298 e. The molecule has 1 rings (SSSR count). The lowest BCUT2D eigenvalue weighted by Crippen LogP contribution is -2.60. The maximum Gasteiger partial charge on any atom is 0.158 e. The van der Waals surface area contributed by atoms with Gasteiger partial charge in [0.2, 0.25) is 0 Å². The zero-order valence-corrected chi connectivity index (χ0v) is 13.0. The molecule has 112 valence electrons. The lowest BCUT2D eigenvalue weighted by Gasteiger charge is -2.42. The van der Waals surface area contributed by atoms with E-state index in [1.807, 2.05) is 6.92 Å². The van der Waals surface area contributed by atoms with Gasteiger partial charge in [0.25, 0.3) is 0 Å². The summed E-state index contributed by atoms with van der Waals surface area (Å²) in [6.45, 7) is 9.77. The van der Waals surface area contributed by atoms with Crippen LogP contribution in [0.4, 0.5) is 0 Å². The molecule has 5 heteroatoms. The molecule has 0 saturated heterocycles. The molecule has 0 bridgehead atoms. The summed E-state index contributed by atoms with van der Waals surface area (Å²) in [6.07, 6.45) is 0.641. The molecule has 0 spiro atoms. The molecule has 20 heavy (non-hydrogen) atoms. The Balaban J connectivity index is 3.38. The number of ketones is 3. The number of hydrogen-bond donors (Lipinski definition) is 0. The zero-order chi connectivity index (χ0) is 15.9. The van der Waals surface area contributed by atoms with Gasteiger partial charge in [-0.15, -0.1) is 0 Å². The second kappa shape index (κ2) is 5.19. The summed E-state index contributed by atoms with van der Waals surface area (Å²) in [5, 5.41) is 3.04. The van der Waals surface area contributed by atoms with Gasteiger partial charge in [-0.25, -0.2) is 0 Å². The molecule has 2 atom stereocenters. The molecular weight excluding hydrogens is 258 g/mol. The fourth-order valence-corrected chi connectivity index (χ4v) is 2.95. The van der Waals surface area contributed by atoms with E-state index in [2.05, 4.69) is 5.18 Å². The fourth-order valence-electron chi connectivity index (χ4n) is 2.95. The monoisotopic (exact) mass is 281 g/mol. The first kappa shape index (κ1) is 16.7. The predicted molar refractivity (Wildman–Crippen MR) is 75.1 cm³/mol. The number of nitroso groups, excluding NO2 is 1. The standard InChI is InChI=1S/C15H23NO4/c1-7-8(2)10(16-20)9-11(17)14(3,4)13(19)15(5,6)12(9)18/h8-10H,7H2,1-6H3. The van der Waals surface area contributed by atoms with Gasteiger partial charge in [0.05, 0.1) is 10.8 Å². The number of nitrogens with zero attached hydrogens (tertiary/aromatic N) is 1. The van der Waals surface area contributed by atoms with Crippen molar-refractivity contribution in [3.8, 4) is 0 Å². The summed E-state index contributed by atoms with van der Waals surface area (Å²) in [7, 11) is 0. The van der Waals surface area contributed by atoms with Crippen molar-refractivity contribution < 1.29 is 14.4 Å². The quantitative estimate of drug-likeness (QED) is 0.586. The minimum absolute atomic E-state index is 0.176. The first-order valence-electron chi connectivity index (χ1n) is 6.99. The van der Waals surface area contributed by atoms with E-state index >= 15 is 0 Å². The van der Waals surface area contributed by atoms with Crippen LogP contribution < -0.4 is 0 Å². The molecule has 0 heterocycles. The van der Waals surface area contributed by atoms with E-state index in [4.69, 9.17) is 0 Å². The zero-order valence-electron chi connectivity index (χ0n) is 13.0. The van der Waals surface area contributed by atoms with Crippen LogP contribution in [-0.2, 0) is 14.4 Å². The van der Waals surface area contributed by atoms with Crippen LogP contribution in [-0.4, -0.2) is 23.4 Å². The van der Waals surface area contributed by atoms with E-state index < -0.39 is 34.4 Å². The molecule has 0 aliphatic heterocycles. The lowest BCUT2D eigenvalue weighted by atomic mass is 9.56. The van der Waals surface area contributed by atoms with Crippen molar-refractivity contribution in [2.45, 2.75) is 54.0 Å². The van der Waals surface area contributed by atoms with Crippen molar-refractivity contribution in [1.82, 2.24) is 0 Å². The van der Waals surface area contributed by atoms with Crippen molar-refractivity contribution in [2.24, 2.45) is 27.8 Å². The van der Waals surface area contributed by atoms with Gasteiger partial charge in [-0.3, -0.25) is 14.4 Å². The SMILES string of the molecule is CCC(C)C(N=O)C1C(=O)C(C)(C)C(=O)C(C)(C)C1=O. The smallest absolute Gasteiger partial charge is 0.158 e. The third-order valence-corrected chi connectivity index (χ3v) is 4.62. The van der Waals surface area contributed by atoms with E-state index in [-0.39, 0.29) is 11.7 Å². The van der Waals surface area contributed by atoms with Crippen molar-refractivity contribution >= 4 is 17.3 Å². The van der Waals surface area contributed by atoms with Gasteiger partial charge < -0.3 is 0 Å². The highest BCUT2D eigenvalue weighted by atomic mass is 16.3. The Labute approximate surface area is 119 Å². The van der Waals surface area contributed by atoms with Crippen molar-refractivity contribution in [3.05, 3.63) is 4.91 Å². The Kier molecular flexibility index (Phi) is 4.32. The van der Waals surface area contributed by atoms with Gasteiger partial charge in [-0.05, 0) is 33.6 Å². The average molecular weight is 281 g/mol. The van der Waals surface area contributed by atoms with Crippen LogP contribution in [0.25, 0.3) is 0 Å². The topological polar surface area (TPSA) is 80.6 Å². The second-order valence-corrected chi connectivity index (χ2v) is 6.77. The molecule has 2 unspecified atom stereocenters. The Bertz CT molecular complexity index is 434. The first-order valence-corrected chi connectivity index (χ1v) is 6.99. The molecule has 0 aromatic carbocycles. The van der Waals surface area contributed by atoms with Crippen LogP contribution in [0.5, 0.6) is 0 Å². The van der Waals surface area contributed by atoms with Gasteiger partial charge in [0.1, 0.15) is 12.0 Å². The van der Waals surface area contributed by atoms with Crippen LogP contribution in [0, 0.1) is 27.6 Å². The number of hydrogen-bond acceptors (Lipinski definition) is 5. The number of Topliss-reactive ketones (excluding diaryl/α,β-unsaturated/α-hetero) is 3. The summed E-state index contributed by atoms with van der Waals surface area (Å²) >= 11 is 0. The predicted octanol–water partition coefficient (Wildman–Crippen LogP) is 2.56. The molecule has 1 aliphatic carbocycles. The molecule has 0 aromatic heterocycles. The van der Waals surface area contributed by atoms with E-state index in [1.165, 1.54) is 27.7 Å². The van der Waals surface area contributed by atoms with E-state index in [1.54, 1.807) is 6.92 Å². The minimum Gasteiger partial charge on any atom is -0.298 e. The Morgan fingerprint density at radius 2 is 1.45 bits per heavy atom. The molecule has 0 aromatic rings. The third kappa shape index (κ3) is 2.23. The summed E-state index contributed by atoms with van der Waals surface area (Å²) in [5.41, 5.74) is -2.50. The van der Waals surface area contributed by atoms with E-state index in [9.17, 15) is 19.3 Å². The average Bonchev–Trinajstić information content (AvgIpc) is 2.39. The fraction of sp³-hybridized carbons (Fsp3) is 0.800. The number of carbonyl (C=O) groups excluding carboxylic acids is 3. The molecule has 5 nitrogen and oxygen atoms in total. The van der Waals surface area contributed by atoms with Crippen LogP contribution >= 0.6 is 0 Å². The molecular formula is C15H23NO4. The van der Waals surface area contributed by atoms with Crippen molar-refractivity contribution in [1.29, 1.82) is 0 Å². The molecule has 0 amide bonds. The van der Waals surface area contributed by atoms with Crippen LogP contribution in [0.1, 0.15) is 48.0 Å². The van der Waals surface area contributed by atoms with Gasteiger partial charge in [0, 0.05) is 0 Å².